The van der Waals surface area contributed by atoms with Crippen LogP contribution in [0.4, 0.5) is 0 Å². The highest BCUT2D eigenvalue weighted by Crippen LogP contribution is 2.38. The van der Waals surface area contributed by atoms with E-state index in [-0.39, 0.29) is 23.9 Å². The van der Waals surface area contributed by atoms with Gasteiger partial charge in [0.25, 0.3) is 6.47 Å². The average molecular weight is 228 g/mol. The SMILES string of the molecule is CC(C)C1CC(C)C(C(=O)O)CC1OC=O. The first kappa shape index (κ1) is 13.0. The number of rotatable bonds is 4. The van der Waals surface area contributed by atoms with Crippen LogP contribution in [0.2, 0.25) is 0 Å². The van der Waals surface area contributed by atoms with Gasteiger partial charge in [-0.05, 0) is 30.6 Å². The van der Waals surface area contributed by atoms with Crippen molar-refractivity contribution in [3.8, 4) is 0 Å². The standard InChI is InChI=1S/C12H20O4/c1-7(2)9-4-8(3)10(12(14)15)5-11(9)16-6-13/h6-11H,4-5H2,1-3H3,(H,14,15). The molecule has 1 N–H and O–H groups in total. The van der Waals surface area contributed by atoms with Crippen LogP contribution in [0.1, 0.15) is 33.6 Å². The quantitative estimate of drug-likeness (QED) is 0.747. The number of aliphatic carboxylic acids is 1. The zero-order valence-electron chi connectivity index (χ0n) is 10.1. The Balaban J connectivity index is 2.77. The van der Waals surface area contributed by atoms with Crippen molar-refractivity contribution in [1.29, 1.82) is 0 Å². The Morgan fingerprint density at radius 2 is 2.06 bits per heavy atom. The molecule has 0 aromatic rings. The maximum atomic E-state index is 11.0. The molecule has 4 unspecified atom stereocenters. The third-order valence-corrected chi connectivity index (χ3v) is 3.70. The third kappa shape index (κ3) is 2.74. The molecular weight excluding hydrogens is 208 g/mol. The van der Waals surface area contributed by atoms with Gasteiger partial charge in [0.2, 0.25) is 0 Å². The topological polar surface area (TPSA) is 63.6 Å². The second kappa shape index (κ2) is 5.32. The molecule has 0 aromatic carbocycles. The van der Waals surface area contributed by atoms with Gasteiger partial charge in [-0.25, -0.2) is 0 Å². The van der Waals surface area contributed by atoms with Crippen molar-refractivity contribution >= 4 is 12.4 Å². The minimum Gasteiger partial charge on any atom is -0.481 e. The number of carbonyl (C=O) groups is 2. The molecule has 0 aliphatic heterocycles. The van der Waals surface area contributed by atoms with E-state index >= 15 is 0 Å². The predicted molar refractivity (Wildman–Crippen MR) is 58.8 cm³/mol. The Bertz CT molecular complexity index is 262. The van der Waals surface area contributed by atoms with Gasteiger partial charge in [-0.15, -0.1) is 0 Å². The molecule has 1 aliphatic carbocycles. The van der Waals surface area contributed by atoms with Crippen LogP contribution in [-0.4, -0.2) is 23.7 Å². The van der Waals surface area contributed by atoms with Crippen molar-refractivity contribution in [3.05, 3.63) is 0 Å². The molecule has 0 aromatic heterocycles. The lowest BCUT2D eigenvalue weighted by atomic mass is 9.69. The molecule has 0 amide bonds. The highest BCUT2D eigenvalue weighted by atomic mass is 16.5. The molecule has 0 saturated heterocycles. The minimum absolute atomic E-state index is 0.149. The molecule has 1 aliphatic rings. The summed E-state index contributed by atoms with van der Waals surface area (Å²) in [6, 6.07) is 0. The smallest absolute Gasteiger partial charge is 0.306 e. The first-order chi connectivity index (χ1) is 7.47. The number of carbonyl (C=O) groups excluding carboxylic acids is 1. The first-order valence-electron chi connectivity index (χ1n) is 5.79. The van der Waals surface area contributed by atoms with Gasteiger partial charge in [0.05, 0.1) is 5.92 Å². The molecule has 1 rings (SSSR count). The monoisotopic (exact) mass is 228 g/mol. The van der Waals surface area contributed by atoms with E-state index in [1.54, 1.807) is 0 Å². The summed E-state index contributed by atoms with van der Waals surface area (Å²) in [4.78, 5) is 21.5. The van der Waals surface area contributed by atoms with E-state index in [1.807, 2.05) is 6.92 Å². The number of carboxylic acids is 1. The van der Waals surface area contributed by atoms with Gasteiger partial charge >= 0.3 is 5.97 Å². The maximum Gasteiger partial charge on any atom is 0.306 e. The molecular formula is C12H20O4. The third-order valence-electron chi connectivity index (χ3n) is 3.70. The van der Waals surface area contributed by atoms with E-state index in [4.69, 9.17) is 9.84 Å². The normalized spacial score (nSPS) is 34.8. The van der Waals surface area contributed by atoms with Crippen LogP contribution in [0.3, 0.4) is 0 Å². The first-order valence-corrected chi connectivity index (χ1v) is 5.79. The number of hydrogen-bond acceptors (Lipinski definition) is 3. The van der Waals surface area contributed by atoms with E-state index in [1.165, 1.54) is 0 Å². The molecule has 0 radical (unpaired) electrons. The molecule has 92 valence electrons. The van der Waals surface area contributed by atoms with Crippen LogP contribution in [0.25, 0.3) is 0 Å². The highest BCUT2D eigenvalue weighted by Gasteiger charge is 2.40. The molecule has 0 bridgehead atoms. The van der Waals surface area contributed by atoms with Gasteiger partial charge in [-0.3, -0.25) is 9.59 Å². The largest absolute Gasteiger partial charge is 0.481 e. The van der Waals surface area contributed by atoms with Crippen molar-refractivity contribution in [2.75, 3.05) is 0 Å². The van der Waals surface area contributed by atoms with Crippen LogP contribution in [0, 0.1) is 23.7 Å². The number of hydrogen-bond donors (Lipinski definition) is 1. The minimum atomic E-state index is -0.783. The van der Waals surface area contributed by atoms with Gasteiger partial charge in [-0.2, -0.15) is 0 Å². The second-order valence-corrected chi connectivity index (χ2v) is 5.07. The zero-order chi connectivity index (χ0) is 12.3. The van der Waals surface area contributed by atoms with Gasteiger partial charge in [0.1, 0.15) is 6.10 Å². The summed E-state index contributed by atoms with van der Waals surface area (Å²) in [7, 11) is 0. The lowest BCUT2D eigenvalue weighted by Gasteiger charge is -2.39. The number of ether oxygens (including phenoxy) is 1. The van der Waals surface area contributed by atoms with Crippen LogP contribution in [0.15, 0.2) is 0 Å². The average Bonchev–Trinajstić information content (AvgIpc) is 2.19. The van der Waals surface area contributed by atoms with Crippen LogP contribution in [0.5, 0.6) is 0 Å². The van der Waals surface area contributed by atoms with Gasteiger partial charge < -0.3 is 9.84 Å². The van der Waals surface area contributed by atoms with Gasteiger partial charge in [0, 0.05) is 0 Å². The molecule has 4 nitrogen and oxygen atoms in total. The zero-order valence-corrected chi connectivity index (χ0v) is 10.1. The maximum absolute atomic E-state index is 11.0. The molecule has 1 fully saturated rings. The van der Waals surface area contributed by atoms with E-state index in [9.17, 15) is 9.59 Å². The van der Waals surface area contributed by atoms with Gasteiger partial charge in [0.15, 0.2) is 0 Å². The Morgan fingerprint density at radius 1 is 1.44 bits per heavy atom. The molecule has 4 atom stereocenters. The van der Waals surface area contributed by atoms with Crippen molar-refractivity contribution in [2.24, 2.45) is 23.7 Å². The van der Waals surface area contributed by atoms with Crippen molar-refractivity contribution in [3.63, 3.8) is 0 Å². The Labute approximate surface area is 96.0 Å². The van der Waals surface area contributed by atoms with Crippen molar-refractivity contribution < 1.29 is 19.4 Å². The second-order valence-electron chi connectivity index (χ2n) is 5.07. The fourth-order valence-electron chi connectivity index (χ4n) is 2.68. The Hall–Kier alpha value is -1.06. The van der Waals surface area contributed by atoms with E-state index in [0.717, 1.165) is 6.42 Å². The van der Waals surface area contributed by atoms with E-state index in [2.05, 4.69) is 13.8 Å². The van der Waals surface area contributed by atoms with Crippen molar-refractivity contribution in [2.45, 2.75) is 39.7 Å². The summed E-state index contributed by atoms with van der Waals surface area (Å²) in [5.41, 5.74) is 0. The van der Waals surface area contributed by atoms with E-state index in [0.29, 0.717) is 18.8 Å². The Kier molecular flexibility index (Phi) is 4.33. The van der Waals surface area contributed by atoms with Crippen LogP contribution >= 0.6 is 0 Å². The predicted octanol–water partition coefficient (Wildman–Crippen LogP) is 1.93. The summed E-state index contributed by atoms with van der Waals surface area (Å²) >= 11 is 0. The lowest BCUT2D eigenvalue weighted by Crippen LogP contribution is -2.41. The summed E-state index contributed by atoms with van der Waals surface area (Å²) in [5.74, 6) is -0.344. The van der Waals surface area contributed by atoms with Gasteiger partial charge in [-0.1, -0.05) is 20.8 Å². The lowest BCUT2D eigenvalue weighted by molar-refractivity contribution is -0.154. The highest BCUT2D eigenvalue weighted by molar-refractivity contribution is 5.70. The summed E-state index contributed by atoms with van der Waals surface area (Å²) in [5, 5.41) is 9.08. The number of carboxylic acid groups (broad SMARTS) is 1. The van der Waals surface area contributed by atoms with Crippen LogP contribution in [-0.2, 0) is 14.3 Å². The molecule has 16 heavy (non-hydrogen) atoms. The summed E-state index contributed by atoms with van der Waals surface area (Å²) < 4.78 is 5.04. The van der Waals surface area contributed by atoms with Crippen molar-refractivity contribution in [1.82, 2.24) is 0 Å². The molecule has 1 saturated carbocycles. The fraction of sp³-hybridized carbons (Fsp3) is 0.833. The van der Waals surface area contributed by atoms with Crippen LogP contribution < -0.4 is 0 Å². The fourth-order valence-corrected chi connectivity index (χ4v) is 2.68. The Morgan fingerprint density at radius 3 is 2.50 bits per heavy atom. The molecule has 0 heterocycles. The summed E-state index contributed by atoms with van der Waals surface area (Å²) in [6.45, 7) is 6.57. The summed E-state index contributed by atoms with van der Waals surface area (Å²) in [6.07, 6.45) is 1.01. The molecule has 4 heteroatoms. The molecule has 0 spiro atoms. The van der Waals surface area contributed by atoms with E-state index < -0.39 is 5.97 Å².